The maximum absolute atomic E-state index is 14.9. The average Bonchev–Trinajstić information content (AvgIpc) is 3.77. The van der Waals surface area contributed by atoms with E-state index in [0.29, 0.717) is 12.0 Å². The average molecular weight is 684 g/mol. The zero-order chi connectivity index (χ0) is 36.6. The van der Waals surface area contributed by atoms with Gasteiger partial charge in [-0.25, -0.2) is 9.59 Å². The van der Waals surface area contributed by atoms with Crippen molar-refractivity contribution in [3.8, 4) is 0 Å². The molecule has 0 aromatic heterocycles. The number of nitrogens with one attached hydrogen (secondary N) is 2. The topological polar surface area (TPSA) is 114 Å². The first-order valence-corrected chi connectivity index (χ1v) is 17.6. The fourth-order valence-electron chi connectivity index (χ4n) is 5.89. The number of hydrogen-bond acceptors (Lipinski definition) is 6. The summed E-state index contributed by atoms with van der Waals surface area (Å²) in [5, 5.41) is 5.81. The lowest BCUT2D eigenvalue weighted by Gasteiger charge is -2.36. The van der Waals surface area contributed by atoms with Crippen LogP contribution in [0.25, 0.3) is 0 Å². The molecule has 0 radical (unpaired) electrons. The first kappa shape index (κ1) is 38.1. The molecule has 1 aliphatic rings. The molecular weight excluding hydrogens is 630 g/mol. The van der Waals surface area contributed by atoms with Crippen LogP contribution < -0.4 is 10.6 Å². The Labute approximate surface area is 297 Å². The number of nitrogens with zero attached hydrogens (tertiary/aromatic N) is 1. The molecule has 0 aliphatic heterocycles. The highest BCUT2D eigenvalue weighted by atomic mass is 16.6. The van der Waals surface area contributed by atoms with Crippen LogP contribution in [0.5, 0.6) is 0 Å². The normalized spacial score (nSPS) is 17.4. The van der Waals surface area contributed by atoms with Crippen LogP contribution in [-0.4, -0.2) is 58.1 Å². The van der Waals surface area contributed by atoms with E-state index in [1.807, 2.05) is 98.8 Å². The maximum atomic E-state index is 14.9. The summed E-state index contributed by atoms with van der Waals surface area (Å²) in [7, 11) is 0. The van der Waals surface area contributed by atoms with Gasteiger partial charge in [-0.05, 0) is 82.6 Å². The van der Waals surface area contributed by atoms with Crippen molar-refractivity contribution >= 4 is 23.9 Å². The highest BCUT2D eigenvalue weighted by molar-refractivity contribution is 5.94. The second-order valence-corrected chi connectivity index (χ2v) is 15.2. The Balaban J connectivity index is 1.77. The van der Waals surface area contributed by atoms with Gasteiger partial charge in [-0.15, -0.1) is 0 Å². The summed E-state index contributed by atoms with van der Waals surface area (Å²) in [6, 6.07) is 23.1. The summed E-state index contributed by atoms with van der Waals surface area (Å²) in [5.74, 6) is -1.37. The van der Waals surface area contributed by atoms with Crippen molar-refractivity contribution in [3.63, 3.8) is 0 Å². The van der Waals surface area contributed by atoms with Crippen molar-refractivity contribution in [2.45, 2.75) is 116 Å². The van der Waals surface area contributed by atoms with Crippen LogP contribution >= 0.6 is 0 Å². The van der Waals surface area contributed by atoms with Gasteiger partial charge in [0.2, 0.25) is 11.8 Å². The second-order valence-electron chi connectivity index (χ2n) is 15.2. The molecule has 9 nitrogen and oxygen atoms in total. The third kappa shape index (κ3) is 11.2. The zero-order valence-corrected chi connectivity index (χ0v) is 30.7. The van der Waals surface area contributed by atoms with Crippen molar-refractivity contribution in [1.29, 1.82) is 0 Å². The molecule has 9 heteroatoms. The fourth-order valence-corrected chi connectivity index (χ4v) is 5.89. The molecule has 268 valence electrons. The molecule has 5 unspecified atom stereocenters. The van der Waals surface area contributed by atoms with Crippen LogP contribution in [0.15, 0.2) is 84.9 Å². The van der Waals surface area contributed by atoms with Crippen molar-refractivity contribution in [1.82, 2.24) is 15.5 Å². The molecule has 0 spiro atoms. The summed E-state index contributed by atoms with van der Waals surface area (Å²) in [5.41, 5.74) is 1.80. The van der Waals surface area contributed by atoms with Gasteiger partial charge in [-0.2, -0.15) is 0 Å². The number of carbonyl (C=O) groups is 4. The van der Waals surface area contributed by atoms with Crippen LogP contribution in [0, 0.1) is 5.92 Å². The predicted molar refractivity (Wildman–Crippen MR) is 194 cm³/mol. The number of alkyl carbamates (subject to hydrolysis) is 1. The van der Waals surface area contributed by atoms with Crippen LogP contribution in [0.4, 0.5) is 4.79 Å². The molecule has 50 heavy (non-hydrogen) atoms. The van der Waals surface area contributed by atoms with Gasteiger partial charge >= 0.3 is 12.1 Å². The maximum Gasteiger partial charge on any atom is 0.408 e. The number of carbonyl (C=O) groups excluding carboxylic acids is 4. The summed E-state index contributed by atoms with van der Waals surface area (Å²) in [6.45, 7) is 14.7. The number of aryl methyl sites for hydroxylation is 1. The number of amides is 3. The standard InChI is InChI=1S/C41H53N3O6/c1-9-28-20-22-31(23-21-28)35(36(45)42-33(38(47)49-40(3,4)5)26-30-18-14-11-15-19-30)44(34-24-27(34)2)37(46)32(25-29-16-12-10-13-17-29)43-39(48)50-41(6,7)8/h10-23,27,32-35H,9,24-26H2,1-8H3,(H,42,45)(H,43,48). The highest BCUT2D eigenvalue weighted by Crippen LogP contribution is 2.41. The number of hydrogen-bond donors (Lipinski definition) is 2. The quantitative estimate of drug-likeness (QED) is 0.193. The predicted octanol–water partition coefficient (Wildman–Crippen LogP) is 6.73. The van der Waals surface area contributed by atoms with E-state index in [4.69, 9.17) is 9.47 Å². The number of esters is 1. The molecule has 2 N–H and O–H groups in total. The lowest BCUT2D eigenvalue weighted by Crippen LogP contribution is -2.56. The van der Waals surface area contributed by atoms with Crippen molar-refractivity contribution in [3.05, 3.63) is 107 Å². The van der Waals surface area contributed by atoms with Gasteiger partial charge in [0.1, 0.15) is 29.3 Å². The van der Waals surface area contributed by atoms with E-state index in [1.54, 1.807) is 46.4 Å². The van der Waals surface area contributed by atoms with E-state index in [9.17, 15) is 19.2 Å². The molecule has 1 aliphatic carbocycles. The third-order valence-corrected chi connectivity index (χ3v) is 8.47. The van der Waals surface area contributed by atoms with Crippen molar-refractivity contribution < 1.29 is 28.7 Å². The van der Waals surface area contributed by atoms with Gasteiger partial charge < -0.3 is 25.0 Å². The van der Waals surface area contributed by atoms with Crippen LogP contribution in [0.3, 0.4) is 0 Å². The smallest absolute Gasteiger partial charge is 0.408 e. The Hall–Kier alpha value is -4.66. The lowest BCUT2D eigenvalue weighted by atomic mass is 9.97. The zero-order valence-electron chi connectivity index (χ0n) is 30.7. The van der Waals surface area contributed by atoms with Gasteiger partial charge in [-0.1, -0.05) is 98.8 Å². The minimum atomic E-state index is -1.09. The molecule has 3 aromatic rings. The van der Waals surface area contributed by atoms with E-state index in [2.05, 4.69) is 10.6 Å². The molecule has 0 bridgehead atoms. The molecule has 4 rings (SSSR count). The molecule has 3 amide bonds. The largest absolute Gasteiger partial charge is 0.458 e. The van der Waals surface area contributed by atoms with Gasteiger partial charge in [0.25, 0.3) is 0 Å². The van der Waals surface area contributed by atoms with Gasteiger partial charge in [0.15, 0.2) is 0 Å². The summed E-state index contributed by atoms with van der Waals surface area (Å²) in [6.07, 6.45) is 1.15. The van der Waals surface area contributed by atoms with Gasteiger partial charge in [0, 0.05) is 18.9 Å². The van der Waals surface area contributed by atoms with Crippen LogP contribution in [-0.2, 0) is 43.1 Å². The molecule has 0 saturated heterocycles. The van der Waals surface area contributed by atoms with Crippen LogP contribution in [0.1, 0.15) is 90.1 Å². The van der Waals surface area contributed by atoms with Crippen LogP contribution in [0.2, 0.25) is 0 Å². The second kappa shape index (κ2) is 16.4. The SMILES string of the molecule is CCc1ccc(C(C(=O)NC(Cc2ccccc2)C(=O)OC(C)(C)C)N(C(=O)C(Cc2ccccc2)NC(=O)OC(C)(C)C)C2CC2C)cc1. The molecule has 3 aromatic carbocycles. The van der Waals surface area contributed by atoms with Crippen molar-refractivity contribution in [2.24, 2.45) is 5.92 Å². The Morgan fingerprint density at radius 1 is 0.720 bits per heavy atom. The Bertz CT molecular complexity index is 1600. The minimum absolute atomic E-state index is 0.119. The van der Waals surface area contributed by atoms with E-state index in [-0.39, 0.29) is 24.8 Å². The highest BCUT2D eigenvalue weighted by Gasteiger charge is 2.48. The summed E-state index contributed by atoms with van der Waals surface area (Å²) < 4.78 is 11.3. The monoisotopic (exact) mass is 683 g/mol. The third-order valence-electron chi connectivity index (χ3n) is 8.47. The molecule has 0 heterocycles. The molecule has 1 saturated carbocycles. The summed E-state index contributed by atoms with van der Waals surface area (Å²) >= 11 is 0. The lowest BCUT2D eigenvalue weighted by molar-refractivity contribution is -0.159. The summed E-state index contributed by atoms with van der Waals surface area (Å²) in [4.78, 5) is 58.0. The molecular formula is C41H53N3O6. The Morgan fingerprint density at radius 3 is 1.68 bits per heavy atom. The van der Waals surface area contributed by atoms with E-state index in [0.717, 1.165) is 23.1 Å². The Kier molecular flexibility index (Phi) is 12.5. The van der Waals surface area contributed by atoms with Gasteiger partial charge in [-0.3, -0.25) is 9.59 Å². The first-order chi connectivity index (χ1) is 23.5. The van der Waals surface area contributed by atoms with Gasteiger partial charge in [0.05, 0.1) is 0 Å². The molecule has 5 atom stereocenters. The van der Waals surface area contributed by atoms with E-state index in [1.165, 1.54) is 0 Å². The fraction of sp³-hybridized carbons (Fsp3) is 0.463. The number of rotatable bonds is 13. The molecule has 1 fully saturated rings. The van der Waals surface area contributed by atoms with E-state index >= 15 is 0 Å². The Morgan fingerprint density at radius 2 is 1.22 bits per heavy atom. The minimum Gasteiger partial charge on any atom is -0.458 e. The first-order valence-electron chi connectivity index (χ1n) is 17.6. The number of benzene rings is 3. The van der Waals surface area contributed by atoms with E-state index < -0.39 is 53.2 Å². The van der Waals surface area contributed by atoms with Crippen molar-refractivity contribution in [2.75, 3.05) is 0 Å². The number of ether oxygens (including phenoxy) is 2.